The molecule has 0 saturated heterocycles. The molecule has 0 aliphatic heterocycles. The number of hydrogen-bond donors (Lipinski definition) is 2. The maximum atomic E-state index is 12.0. The summed E-state index contributed by atoms with van der Waals surface area (Å²) < 4.78 is 5.45. The first-order chi connectivity index (χ1) is 12.1. The average molecular weight is 339 g/mol. The van der Waals surface area contributed by atoms with Crippen LogP contribution in [0.25, 0.3) is 11.1 Å². The van der Waals surface area contributed by atoms with Crippen molar-refractivity contribution in [3.63, 3.8) is 0 Å². The minimum atomic E-state index is -0.433. The van der Waals surface area contributed by atoms with Crippen molar-refractivity contribution in [3.8, 4) is 11.1 Å². The molecular weight excluding hydrogens is 314 g/mol. The number of aliphatic hydroxyl groups is 1. The molecule has 25 heavy (non-hydrogen) atoms. The first-order valence-electron chi connectivity index (χ1n) is 8.85. The van der Waals surface area contributed by atoms with E-state index in [9.17, 15) is 9.90 Å². The largest absolute Gasteiger partial charge is 0.449 e. The lowest BCUT2D eigenvalue weighted by Crippen LogP contribution is -2.30. The highest BCUT2D eigenvalue weighted by Crippen LogP contribution is 2.44. The summed E-state index contributed by atoms with van der Waals surface area (Å²) in [5.41, 5.74) is 4.83. The number of hydrogen-bond acceptors (Lipinski definition) is 3. The highest BCUT2D eigenvalue weighted by atomic mass is 16.5. The Labute approximate surface area is 148 Å². The van der Waals surface area contributed by atoms with Crippen molar-refractivity contribution in [1.82, 2.24) is 5.32 Å². The summed E-state index contributed by atoms with van der Waals surface area (Å²) in [4.78, 5) is 12.0. The maximum absolute atomic E-state index is 12.0. The van der Waals surface area contributed by atoms with E-state index < -0.39 is 12.2 Å². The third-order valence-corrected chi connectivity index (χ3v) is 4.82. The Morgan fingerprint density at radius 3 is 2.20 bits per heavy atom. The van der Waals surface area contributed by atoms with Crippen LogP contribution in [0, 0.1) is 5.92 Å². The van der Waals surface area contributed by atoms with Crippen LogP contribution in [-0.4, -0.2) is 30.5 Å². The summed E-state index contributed by atoms with van der Waals surface area (Å²) in [5.74, 6) is 0.253. The molecule has 2 N–H and O–H groups in total. The van der Waals surface area contributed by atoms with Crippen molar-refractivity contribution in [2.75, 3.05) is 13.2 Å². The summed E-state index contributed by atoms with van der Waals surface area (Å²) in [6, 6.07) is 16.5. The van der Waals surface area contributed by atoms with Crippen molar-refractivity contribution in [1.29, 1.82) is 0 Å². The molecular formula is C21H25NO3. The van der Waals surface area contributed by atoms with Crippen LogP contribution in [0.2, 0.25) is 0 Å². The Balaban J connectivity index is 1.59. The Bertz CT molecular complexity index is 696. The van der Waals surface area contributed by atoms with E-state index in [0.717, 1.165) is 0 Å². The van der Waals surface area contributed by atoms with Crippen LogP contribution >= 0.6 is 0 Å². The SMILES string of the molecule is CC(C)C(O)CCNC(=O)OCC1c2ccccc2-c2ccccc21. The number of amides is 1. The number of ether oxygens (including phenoxy) is 1. The van der Waals surface area contributed by atoms with Gasteiger partial charge < -0.3 is 15.2 Å². The first kappa shape index (κ1) is 17.5. The standard InChI is InChI=1S/C21H25NO3/c1-14(2)20(23)11-12-22-21(24)25-13-19-17-9-5-3-7-15(17)16-8-4-6-10-18(16)19/h3-10,14,19-20,23H,11-13H2,1-2H3,(H,22,24). The molecule has 1 aliphatic rings. The molecule has 1 unspecified atom stereocenters. The molecule has 3 rings (SSSR count). The molecule has 0 radical (unpaired) electrons. The number of fused-ring (bicyclic) bond motifs is 3. The molecule has 2 aromatic rings. The monoisotopic (exact) mass is 339 g/mol. The maximum Gasteiger partial charge on any atom is 0.407 e. The van der Waals surface area contributed by atoms with Gasteiger partial charge in [0.05, 0.1) is 6.10 Å². The number of carbonyl (C=O) groups excluding carboxylic acids is 1. The van der Waals surface area contributed by atoms with Gasteiger partial charge in [-0.15, -0.1) is 0 Å². The molecule has 4 heteroatoms. The van der Waals surface area contributed by atoms with E-state index in [1.165, 1.54) is 22.3 Å². The Hall–Kier alpha value is -2.33. The fourth-order valence-electron chi connectivity index (χ4n) is 3.30. The Kier molecular flexibility index (Phi) is 5.39. The van der Waals surface area contributed by atoms with Crippen LogP contribution in [0.15, 0.2) is 48.5 Å². The van der Waals surface area contributed by atoms with Crippen molar-refractivity contribution in [2.24, 2.45) is 5.92 Å². The van der Waals surface area contributed by atoms with Gasteiger partial charge in [0.1, 0.15) is 6.61 Å². The number of rotatable bonds is 6. The predicted octanol–water partition coefficient (Wildman–Crippen LogP) is 3.93. The zero-order valence-corrected chi connectivity index (χ0v) is 14.7. The number of benzene rings is 2. The minimum Gasteiger partial charge on any atom is -0.449 e. The van der Waals surface area contributed by atoms with Crippen molar-refractivity contribution < 1.29 is 14.6 Å². The molecule has 132 valence electrons. The van der Waals surface area contributed by atoms with Gasteiger partial charge in [-0.1, -0.05) is 62.4 Å². The molecule has 0 heterocycles. The van der Waals surface area contributed by atoms with E-state index in [1.807, 2.05) is 38.1 Å². The van der Waals surface area contributed by atoms with Crippen molar-refractivity contribution in [3.05, 3.63) is 59.7 Å². The quantitative estimate of drug-likeness (QED) is 0.838. The van der Waals surface area contributed by atoms with Gasteiger partial charge in [-0.3, -0.25) is 0 Å². The lowest BCUT2D eigenvalue weighted by Gasteiger charge is -2.16. The second-order valence-corrected chi connectivity index (χ2v) is 6.85. The third-order valence-electron chi connectivity index (χ3n) is 4.82. The summed E-state index contributed by atoms with van der Waals surface area (Å²) in [7, 11) is 0. The van der Waals surface area contributed by atoms with E-state index in [2.05, 4.69) is 29.6 Å². The molecule has 1 amide bonds. The van der Waals surface area contributed by atoms with Crippen LogP contribution in [0.5, 0.6) is 0 Å². The van der Waals surface area contributed by atoms with E-state index in [-0.39, 0.29) is 11.8 Å². The van der Waals surface area contributed by atoms with Crippen LogP contribution in [0.4, 0.5) is 4.79 Å². The van der Waals surface area contributed by atoms with Gasteiger partial charge in [-0.05, 0) is 34.6 Å². The molecule has 1 atom stereocenters. The fourth-order valence-corrected chi connectivity index (χ4v) is 3.30. The van der Waals surface area contributed by atoms with Gasteiger partial charge in [-0.2, -0.15) is 0 Å². The van der Waals surface area contributed by atoms with E-state index in [1.54, 1.807) is 0 Å². The van der Waals surface area contributed by atoms with Gasteiger partial charge in [0.2, 0.25) is 0 Å². The van der Waals surface area contributed by atoms with Gasteiger partial charge >= 0.3 is 6.09 Å². The van der Waals surface area contributed by atoms with Gasteiger partial charge in [0.25, 0.3) is 0 Å². The molecule has 0 aromatic heterocycles. The number of alkyl carbamates (subject to hydrolysis) is 1. The second kappa shape index (κ2) is 7.70. The molecule has 0 bridgehead atoms. The second-order valence-electron chi connectivity index (χ2n) is 6.85. The highest BCUT2D eigenvalue weighted by molar-refractivity contribution is 5.79. The summed E-state index contributed by atoms with van der Waals surface area (Å²) in [6.07, 6.45) is -0.311. The van der Waals surface area contributed by atoms with Crippen molar-refractivity contribution in [2.45, 2.75) is 32.3 Å². The van der Waals surface area contributed by atoms with Crippen LogP contribution in [0.3, 0.4) is 0 Å². The van der Waals surface area contributed by atoms with Gasteiger partial charge in [0.15, 0.2) is 0 Å². The van der Waals surface area contributed by atoms with Gasteiger partial charge in [0, 0.05) is 12.5 Å². The summed E-state index contributed by atoms with van der Waals surface area (Å²) in [6.45, 7) is 4.64. The average Bonchev–Trinajstić information content (AvgIpc) is 2.94. The molecule has 4 nitrogen and oxygen atoms in total. The fraction of sp³-hybridized carbons (Fsp3) is 0.381. The summed E-state index contributed by atoms with van der Waals surface area (Å²) >= 11 is 0. The topological polar surface area (TPSA) is 58.6 Å². The zero-order chi connectivity index (χ0) is 17.8. The third kappa shape index (κ3) is 3.85. The zero-order valence-electron chi connectivity index (χ0n) is 14.7. The Morgan fingerprint density at radius 1 is 1.08 bits per heavy atom. The number of aliphatic hydroxyl groups excluding tert-OH is 1. The Morgan fingerprint density at radius 2 is 1.64 bits per heavy atom. The lowest BCUT2D eigenvalue weighted by atomic mass is 9.98. The lowest BCUT2D eigenvalue weighted by molar-refractivity contribution is 0.111. The molecule has 0 spiro atoms. The summed E-state index contributed by atoms with van der Waals surface area (Å²) in [5, 5.41) is 12.5. The molecule has 2 aromatic carbocycles. The molecule has 1 aliphatic carbocycles. The number of carbonyl (C=O) groups is 1. The van der Waals surface area contributed by atoms with E-state index in [0.29, 0.717) is 19.6 Å². The first-order valence-corrected chi connectivity index (χ1v) is 8.85. The molecule has 0 fully saturated rings. The predicted molar refractivity (Wildman–Crippen MR) is 98.5 cm³/mol. The van der Waals surface area contributed by atoms with Crippen molar-refractivity contribution >= 4 is 6.09 Å². The molecule has 0 saturated carbocycles. The van der Waals surface area contributed by atoms with Crippen LogP contribution in [-0.2, 0) is 4.74 Å². The number of nitrogens with one attached hydrogen (secondary N) is 1. The minimum absolute atomic E-state index is 0.0689. The highest BCUT2D eigenvalue weighted by Gasteiger charge is 2.28. The van der Waals surface area contributed by atoms with E-state index in [4.69, 9.17) is 4.74 Å². The van der Waals surface area contributed by atoms with Crippen LogP contribution < -0.4 is 5.32 Å². The smallest absolute Gasteiger partial charge is 0.407 e. The van der Waals surface area contributed by atoms with Gasteiger partial charge in [-0.25, -0.2) is 4.79 Å². The van der Waals surface area contributed by atoms with E-state index >= 15 is 0 Å². The normalized spacial score (nSPS) is 14.1. The van der Waals surface area contributed by atoms with Crippen LogP contribution in [0.1, 0.15) is 37.3 Å².